The molecule has 0 amide bonds. The van der Waals surface area contributed by atoms with E-state index in [0.29, 0.717) is 15.6 Å². The molecule has 4 nitrogen and oxygen atoms in total. The largest absolute Gasteiger partial charge is 0.489 e. The van der Waals surface area contributed by atoms with Crippen LogP contribution in [0, 0.1) is 0 Å². The first-order valence-corrected chi connectivity index (χ1v) is 12.0. The molecule has 192 valence electrons. The zero-order valence-corrected chi connectivity index (χ0v) is 20.9. The van der Waals surface area contributed by atoms with Gasteiger partial charge in [0.05, 0.1) is 5.39 Å². The Morgan fingerprint density at radius 3 is 2.05 bits per heavy atom. The van der Waals surface area contributed by atoms with Crippen molar-refractivity contribution in [3.63, 3.8) is 0 Å². The highest BCUT2D eigenvalue weighted by Gasteiger charge is 2.40. The first-order chi connectivity index (χ1) is 18.2. The molecule has 5 rings (SSSR count). The van der Waals surface area contributed by atoms with Crippen LogP contribution in [0.2, 0.25) is 10.0 Å². The maximum atomic E-state index is 13.9. The summed E-state index contributed by atoms with van der Waals surface area (Å²) in [7, 11) is 0. The second kappa shape index (κ2) is 10.4. The summed E-state index contributed by atoms with van der Waals surface area (Å²) in [5.74, 6) is -2.28. The van der Waals surface area contributed by atoms with Crippen LogP contribution >= 0.6 is 23.2 Å². The molecule has 38 heavy (non-hydrogen) atoms. The predicted molar refractivity (Wildman–Crippen MR) is 140 cm³/mol. The van der Waals surface area contributed by atoms with Gasteiger partial charge < -0.3 is 13.9 Å². The lowest BCUT2D eigenvalue weighted by Gasteiger charge is -2.14. The monoisotopic (exact) mass is 556 g/mol. The smallest absolute Gasteiger partial charge is 0.453 e. The van der Waals surface area contributed by atoms with Crippen molar-refractivity contribution >= 4 is 34.2 Å². The second-order valence-corrected chi connectivity index (χ2v) is 9.04. The molecule has 1 aromatic heterocycles. The van der Waals surface area contributed by atoms with E-state index in [-0.39, 0.29) is 29.1 Å². The molecule has 0 radical (unpaired) electrons. The first-order valence-electron chi connectivity index (χ1n) is 11.3. The van der Waals surface area contributed by atoms with Gasteiger partial charge in [-0.25, -0.2) is 0 Å². The lowest BCUT2D eigenvalue weighted by Crippen LogP contribution is -2.15. The fraction of sp³-hybridized carbons (Fsp3) is 0.0690. The summed E-state index contributed by atoms with van der Waals surface area (Å²) in [6.07, 6.45) is -4.99. The Morgan fingerprint density at radius 2 is 1.39 bits per heavy atom. The summed E-state index contributed by atoms with van der Waals surface area (Å²) in [6, 6.07) is 24.7. The van der Waals surface area contributed by atoms with Crippen LogP contribution in [0.4, 0.5) is 13.2 Å². The third-order valence-corrected chi connectivity index (χ3v) is 6.41. The van der Waals surface area contributed by atoms with Gasteiger partial charge in [0.25, 0.3) is 5.76 Å². The summed E-state index contributed by atoms with van der Waals surface area (Å²) >= 11 is 12.3. The highest BCUT2D eigenvalue weighted by atomic mass is 35.5. The molecular weight excluding hydrogens is 540 g/mol. The van der Waals surface area contributed by atoms with Gasteiger partial charge in [-0.2, -0.15) is 13.2 Å². The summed E-state index contributed by atoms with van der Waals surface area (Å²) in [4.78, 5) is 13.1. The average Bonchev–Trinajstić information content (AvgIpc) is 2.90. The molecule has 0 N–H and O–H groups in total. The van der Waals surface area contributed by atoms with Crippen molar-refractivity contribution in [3.8, 4) is 28.4 Å². The molecule has 1 heterocycles. The van der Waals surface area contributed by atoms with Crippen molar-refractivity contribution in [2.24, 2.45) is 0 Å². The van der Waals surface area contributed by atoms with E-state index in [1.54, 1.807) is 30.3 Å². The van der Waals surface area contributed by atoms with E-state index >= 15 is 0 Å². The molecule has 0 unspecified atom stereocenters. The lowest BCUT2D eigenvalue weighted by molar-refractivity contribution is -0.154. The van der Waals surface area contributed by atoms with E-state index in [1.165, 1.54) is 30.3 Å². The molecule has 0 atom stereocenters. The number of fused-ring (bicyclic) bond motifs is 1. The molecular formula is C29H17Cl2F3O4. The molecule has 0 saturated heterocycles. The average molecular weight is 557 g/mol. The SMILES string of the molecule is O=c1c(Oc2ccc(-c3ccccc3)cc2)c(C(F)(F)F)oc2cc(OCc3c(Cl)cccc3Cl)ccc12. The van der Waals surface area contributed by atoms with Gasteiger partial charge in [-0.1, -0.05) is 71.7 Å². The zero-order chi connectivity index (χ0) is 26.9. The molecule has 0 saturated carbocycles. The third-order valence-electron chi connectivity index (χ3n) is 5.71. The van der Waals surface area contributed by atoms with Gasteiger partial charge in [0, 0.05) is 21.7 Å². The van der Waals surface area contributed by atoms with Crippen LogP contribution in [0.5, 0.6) is 17.2 Å². The number of rotatable bonds is 6. The number of benzene rings is 4. The minimum atomic E-state index is -4.99. The topological polar surface area (TPSA) is 48.7 Å². The standard InChI is InChI=1S/C29H17Cl2F3O4/c30-23-7-4-8-24(31)22(23)16-36-20-13-14-21-25(15-20)38-28(29(32,33)34)27(26(21)35)37-19-11-9-18(10-12-19)17-5-2-1-3-6-17/h1-15H,16H2. The van der Waals surface area contributed by atoms with Crippen molar-refractivity contribution in [2.75, 3.05) is 0 Å². The number of halogens is 5. The number of ether oxygens (including phenoxy) is 2. The van der Waals surface area contributed by atoms with Crippen LogP contribution in [0.3, 0.4) is 0 Å². The highest BCUT2D eigenvalue weighted by Crippen LogP contribution is 2.39. The van der Waals surface area contributed by atoms with Gasteiger partial charge in [-0.05, 0) is 47.5 Å². The number of hydrogen-bond acceptors (Lipinski definition) is 4. The Balaban J connectivity index is 1.47. The van der Waals surface area contributed by atoms with E-state index in [0.717, 1.165) is 11.1 Å². The Hall–Kier alpha value is -3.94. The number of alkyl halides is 3. The fourth-order valence-electron chi connectivity index (χ4n) is 3.82. The maximum absolute atomic E-state index is 13.9. The molecule has 5 aromatic rings. The van der Waals surface area contributed by atoms with E-state index in [4.69, 9.17) is 37.1 Å². The van der Waals surface area contributed by atoms with Crippen LogP contribution in [-0.4, -0.2) is 0 Å². The van der Waals surface area contributed by atoms with Crippen molar-refractivity contribution in [1.82, 2.24) is 0 Å². The Labute approximate surface area is 224 Å². The van der Waals surface area contributed by atoms with E-state index < -0.39 is 23.1 Å². The molecule has 4 aromatic carbocycles. The Morgan fingerprint density at radius 1 is 0.763 bits per heavy atom. The quantitative estimate of drug-likeness (QED) is 0.209. The third kappa shape index (κ3) is 5.35. The molecule has 0 aliphatic carbocycles. The van der Waals surface area contributed by atoms with Crippen molar-refractivity contribution < 1.29 is 27.1 Å². The molecule has 0 spiro atoms. The van der Waals surface area contributed by atoms with Gasteiger partial charge in [0.1, 0.15) is 23.7 Å². The minimum absolute atomic E-state index is 0.0411. The van der Waals surface area contributed by atoms with Gasteiger partial charge in [0.15, 0.2) is 0 Å². The van der Waals surface area contributed by atoms with Crippen molar-refractivity contribution in [3.05, 3.63) is 123 Å². The summed E-state index contributed by atoms with van der Waals surface area (Å²) in [5, 5.41) is 0.655. The Bertz CT molecular complexity index is 1640. The molecule has 0 aliphatic heterocycles. The summed E-state index contributed by atoms with van der Waals surface area (Å²) in [6.45, 7) is -0.0411. The predicted octanol–water partition coefficient (Wildman–Crippen LogP) is 9.16. The van der Waals surface area contributed by atoms with Crippen molar-refractivity contribution in [2.45, 2.75) is 12.8 Å². The van der Waals surface area contributed by atoms with Crippen LogP contribution in [-0.2, 0) is 12.8 Å². The van der Waals surface area contributed by atoms with Crippen molar-refractivity contribution in [1.29, 1.82) is 0 Å². The number of hydrogen-bond donors (Lipinski definition) is 0. The lowest BCUT2D eigenvalue weighted by atomic mass is 10.1. The molecule has 9 heteroatoms. The first kappa shape index (κ1) is 25.7. The van der Waals surface area contributed by atoms with E-state index in [9.17, 15) is 18.0 Å². The Kier molecular flexibility index (Phi) is 7.06. The normalized spacial score (nSPS) is 11.5. The van der Waals surface area contributed by atoms with Gasteiger partial charge >= 0.3 is 6.18 Å². The summed E-state index contributed by atoms with van der Waals surface area (Å²) < 4.78 is 58.0. The zero-order valence-electron chi connectivity index (χ0n) is 19.4. The van der Waals surface area contributed by atoms with Crippen LogP contribution in [0.15, 0.2) is 100 Å². The van der Waals surface area contributed by atoms with Gasteiger partial charge in [-0.3, -0.25) is 4.79 Å². The van der Waals surface area contributed by atoms with Crippen LogP contribution in [0.25, 0.3) is 22.1 Å². The minimum Gasteiger partial charge on any atom is -0.489 e. The second-order valence-electron chi connectivity index (χ2n) is 8.23. The molecule has 0 aliphatic rings. The van der Waals surface area contributed by atoms with Crippen LogP contribution in [0.1, 0.15) is 11.3 Å². The van der Waals surface area contributed by atoms with E-state index in [2.05, 4.69) is 0 Å². The van der Waals surface area contributed by atoms with Crippen LogP contribution < -0.4 is 14.9 Å². The molecule has 0 fully saturated rings. The molecule has 0 bridgehead atoms. The van der Waals surface area contributed by atoms with E-state index in [1.807, 2.05) is 30.3 Å². The summed E-state index contributed by atoms with van der Waals surface area (Å²) in [5.41, 5.74) is 0.999. The van der Waals surface area contributed by atoms with Gasteiger partial charge in [-0.15, -0.1) is 0 Å². The maximum Gasteiger partial charge on any atom is 0.453 e. The fourth-order valence-corrected chi connectivity index (χ4v) is 4.32. The highest BCUT2D eigenvalue weighted by molar-refractivity contribution is 6.35. The van der Waals surface area contributed by atoms with Gasteiger partial charge in [0.2, 0.25) is 11.2 Å².